The first kappa shape index (κ1) is 27.5. The quantitative estimate of drug-likeness (QED) is 0.0901. The molecule has 0 saturated carbocycles. The number of hydrogen-bond acceptors (Lipinski definition) is 3. The number of rotatable bonds is 0. The number of pyridine rings is 2. The molecule has 2 aliphatic rings. The monoisotopic (exact) mass is 758 g/mol. The molecular weight excluding hydrogens is 731 g/mol. The van der Waals surface area contributed by atoms with Crippen LogP contribution in [0.3, 0.4) is 0 Å². The van der Waals surface area contributed by atoms with Crippen molar-refractivity contribution in [1.29, 1.82) is 0 Å². The van der Waals surface area contributed by atoms with Crippen LogP contribution in [-0.4, -0.2) is 21.5 Å². The van der Waals surface area contributed by atoms with Crippen LogP contribution in [-0.2, 0) is 27.2 Å². The van der Waals surface area contributed by atoms with E-state index in [0.717, 1.165) is 16.6 Å². The molecule has 0 atom stereocenters. The Morgan fingerprint density at radius 2 is 1.51 bits per heavy atom. The predicted molar refractivity (Wildman–Crippen MR) is 179 cm³/mol. The second kappa shape index (κ2) is 10.6. The SMILES string of the molecule is CN1C=C2c3ccccc3-c3ccc[c-][n+]3N2[CH-]1.Cn1c[c-]c2c3ncccc3c3ccc4ccc5ccccc5c4c3c21.[Ir+3]. The van der Waals surface area contributed by atoms with Crippen molar-refractivity contribution in [2.75, 3.05) is 12.1 Å². The van der Waals surface area contributed by atoms with Crippen LogP contribution >= 0.6 is 0 Å². The number of hydrogen-bond donors (Lipinski definition) is 0. The molecule has 0 radical (unpaired) electrons. The fourth-order valence-corrected chi connectivity index (χ4v) is 6.92. The van der Waals surface area contributed by atoms with Gasteiger partial charge in [-0.1, -0.05) is 103 Å². The Balaban J connectivity index is 0.000000139. The van der Waals surface area contributed by atoms with Gasteiger partial charge >= 0.3 is 20.1 Å². The molecule has 0 bridgehead atoms. The molecule has 5 heterocycles. The van der Waals surface area contributed by atoms with Gasteiger partial charge in [0, 0.05) is 17.3 Å². The average Bonchev–Trinajstić information content (AvgIpc) is 3.67. The van der Waals surface area contributed by atoms with Gasteiger partial charge < -0.3 is 14.5 Å². The summed E-state index contributed by atoms with van der Waals surface area (Å²) in [5, 5.41) is 12.1. The standard InChI is InChI=1S/C24H15N2.C15H12N3.Ir/c1-26-14-12-20-23-19(7-4-13-25-23)18-11-10-16-9-8-15-5-2-3-6-17(15)21(16)22(18)24(20)26;1-16-10-15-13-7-3-2-6-12(13)14-8-4-5-9-17(14)18(15)11-16;/h2-11,13-14H,1H3;2-8,10-11H,1H3;/q2*-1;+3. The van der Waals surface area contributed by atoms with Crippen LogP contribution in [0, 0.1) is 18.9 Å². The number of nitrogens with zero attached hydrogens (tertiary/aromatic N) is 5. The summed E-state index contributed by atoms with van der Waals surface area (Å²) >= 11 is 0. The van der Waals surface area contributed by atoms with Crippen LogP contribution in [0.15, 0.2) is 122 Å². The van der Waals surface area contributed by atoms with Crippen molar-refractivity contribution in [1.82, 2.24) is 14.5 Å². The van der Waals surface area contributed by atoms with Gasteiger partial charge in [-0.05, 0) is 69.6 Å². The maximum Gasteiger partial charge on any atom is 3.00 e. The molecule has 0 saturated heterocycles. The minimum Gasteiger partial charge on any atom is -0.504 e. The molecule has 0 N–H and O–H groups in total. The van der Waals surface area contributed by atoms with E-state index >= 15 is 0 Å². The zero-order valence-electron chi connectivity index (χ0n) is 24.7. The Labute approximate surface area is 274 Å². The molecule has 6 heteroatoms. The van der Waals surface area contributed by atoms with Gasteiger partial charge in [-0.15, -0.1) is 11.5 Å². The van der Waals surface area contributed by atoms with Gasteiger partial charge in [0.2, 0.25) is 0 Å². The number of aryl methyl sites for hydroxylation is 1. The van der Waals surface area contributed by atoms with Gasteiger partial charge in [-0.2, -0.15) is 12.1 Å². The summed E-state index contributed by atoms with van der Waals surface area (Å²) in [7, 11) is 4.13. The summed E-state index contributed by atoms with van der Waals surface area (Å²) in [6.07, 6.45) is 9.28. The van der Waals surface area contributed by atoms with Crippen molar-refractivity contribution >= 4 is 59.8 Å². The Kier molecular flexibility index (Phi) is 6.45. The third kappa shape index (κ3) is 4.10. The molecule has 0 spiro atoms. The molecular formula is C39H27IrN5+. The van der Waals surface area contributed by atoms with E-state index in [1.54, 1.807) is 0 Å². The Hall–Kier alpha value is -5.03. The normalized spacial score (nSPS) is 13.3. The second-order valence-corrected chi connectivity index (χ2v) is 11.4. The number of fused-ring (bicyclic) bond motifs is 16. The van der Waals surface area contributed by atoms with Crippen molar-refractivity contribution in [3.8, 4) is 11.3 Å². The van der Waals surface area contributed by atoms with E-state index in [2.05, 4.69) is 141 Å². The summed E-state index contributed by atoms with van der Waals surface area (Å²) in [5.41, 5.74) is 7.09. The third-order valence-electron chi connectivity index (χ3n) is 8.81. The van der Waals surface area contributed by atoms with E-state index in [9.17, 15) is 0 Å². The maximum absolute atomic E-state index is 4.67. The van der Waals surface area contributed by atoms with Gasteiger partial charge in [0.15, 0.2) is 0 Å². The molecule has 0 unspecified atom stereocenters. The summed E-state index contributed by atoms with van der Waals surface area (Å²) in [4.78, 5) is 6.74. The molecule has 5 nitrogen and oxygen atoms in total. The zero-order chi connectivity index (χ0) is 29.4. The molecule has 216 valence electrons. The van der Waals surface area contributed by atoms with Gasteiger partial charge in [0.25, 0.3) is 0 Å². The molecule has 0 aliphatic carbocycles. The van der Waals surface area contributed by atoms with Gasteiger partial charge in [0.05, 0.1) is 5.70 Å². The third-order valence-corrected chi connectivity index (χ3v) is 8.81. The Bertz CT molecular complexity index is 2480. The molecule has 2 aliphatic heterocycles. The van der Waals surface area contributed by atoms with E-state index in [4.69, 9.17) is 0 Å². The molecule has 10 rings (SSSR count). The van der Waals surface area contributed by atoms with E-state index in [0.29, 0.717) is 0 Å². The number of benzene rings is 5. The van der Waals surface area contributed by atoms with Gasteiger partial charge in [-0.3, -0.25) is 5.01 Å². The Morgan fingerprint density at radius 3 is 2.42 bits per heavy atom. The first-order valence-electron chi connectivity index (χ1n) is 14.8. The maximum atomic E-state index is 4.67. The van der Waals surface area contributed by atoms with E-state index in [1.165, 1.54) is 60.0 Å². The second-order valence-electron chi connectivity index (χ2n) is 11.4. The smallest absolute Gasteiger partial charge is 0.504 e. The molecule has 5 aromatic carbocycles. The van der Waals surface area contributed by atoms with Crippen LogP contribution in [0.5, 0.6) is 0 Å². The molecule has 0 amide bonds. The van der Waals surface area contributed by atoms with Crippen molar-refractivity contribution in [3.05, 3.63) is 146 Å². The van der Waals surface area contributed by atoms with Crippen LogP contribution < -0.4 is 9.69 Å². The first-order valence-corrected chi connectivity index (χ1v) is 14.8. The van der Waals surface area contributed by atoms with Crippen molar-refractivity contribution in [2.24, 2.45) is 7.05 Å². The summed E-state index contributed by atoms with van der Waals surface area (Å²) in [6.45, 7) is 2.06. The molecule has 8 aromatic rings. The fourth-order valence-electron chi connectivity index (χ4n) is 6.92. The number of aromatic nitrogens is 3. The van der Waals surface area contributed by atoms with Crippen LogP contribution in [0.4, 0.5) is 0 Å². The van der Waals surface area contributed by atoms with Crippen molar-refractivity contribution in [2.45, 2.75) is 0 Å². The van der Waals surface area contributed by atoms with Gasteiger partial charge in [-0.25, -0.2) is 4.68 Å². The minimum atomic E-state index is 0. The summed E-state index contributed by atoms with van der Waals surface area (Å²) < 4.78 is 4.23. The Morgan fingerprint density at radius 1 is 0.733 bits per heavy atom. The van der Waals surface area contributed by atoms with Crippen molar-refractivity contribution in [3.63, 3.8) is 0 Å². The van der Waals surface area contributed by atoms with E-state index in [1.807, 2.05) is 37.6 Å². The van der Waals surface area contributed by atoms with Crippen molar-refractivity contribution < 1.29 is 24.8 Å². The molecule has 0 fully saturated rings. The average molecular weight is 758 g/mol. The van der Waals surface area contributed by atoms with E-state index in [-0.39, 0.29) is 20.1 Å². The van der Waals surface area contributed by atoms with E-state index < -0.39 is 0 Å². The van der Waals surface area contributed by atoms with Crippen LogP contribution in [0.2, 0.25) is 0 Å². The first-order chi connectivity index (χ1) is 21.7. The zero-order valence-corrected chi connectivity index (χ0v) is 27.1. The fraction of sp³-hybridized carbons (Fsp3) is 0.0513. The topological polar surface area (TPSA) is 28.2 Å². The minimum absolute atomic E-state index is 0. The predicted octanol–water partition coefficient (Wildman–Crippen LogP) is 7.74. The summed E-state index contributed by atoms with van der Waals surface area (Å²) in [6, 6.07) is 39.7. The van der Waals surface area contributed by atoms with Crippen LogP contribution in [0.25, 0.3) is 71.1 Å². The molecule has 45 heavy (non-hydrogen) atoms. The van der Waals surface area contributed by atoms with Crippen LogP contribution in [0.1, 0.15) is 5.56 Å². The largest absolute Gasteiger partial charge is 3.00 e. The van der Waals surface area contributed by atoms with Gasteiger partial charge in [0.1, 0.15) is 11.9 Å². The molecule has 3 aromatic heterocycles. The summed E-state index contributed by atoms with van der Waals surface area (Å²) in [5.74, 6) is 0.